The number of nitrogen functional groups attached to an aromatic ring is 1. The average molecular weight is 369 g/mol. The van der Waals surface area contributed by atoms with Gasteiger partial charge in [-0.25, -0.2) is 4.79 Å². The van der Waals surface area contributed by atoms with Gasteiger partial charge in [0, 0.05) is 18.7 Å². The summed E-state index contributed by atoms with van der Waals surface area (Å²) in [5.74, 6) is -0.276. The summed E-state index contributed by atoms with van der Waals surface area (Å²) < 4.78 is 5.29. The minimum Gasteiger partial charge on any atom is -0.444 e. The molecule has 144 valence electrons. The molecule has 0 aromatic heterocycles. The van der Waals surface area contributed by atoms with Crippen molar-refractivity contribution in [2.45, 2.75) is 45.4 Å². The molecule has 0 saturated heterocycles. The van der Waals surface area contributed by atoms with E-state index in [0.717, 1.165) is 11.1 Å². The van der Waals surface area contributed by atoms with Crippen LogP contribution in [0.15, 0.2) is 54.6 Å². The van der Waals surface area contributed by atoms with Gasteiger partial charge in [-0.05, 0) is 44.0 Å². The summed E-state index contributed by atoms with van der Waals surface area (Å²) in [5, 5.41) is 5.53. The standard InChI is InChI=1S/C21H27N3O3/c1-21(2,3)27-20(26)24-18(13-15-7-5-4-6-8-15)19(25)23-14-16-9-11-17(22)12-10-16/h4-12,18H,13-14,22H2,1-3H3,(H,23,25)(H,24,26)/t18-/m0/s1. The third-order valence-corrected chi connectivity index (χ3v) is 3.74. The summed E-state index contributed by atoms with van der Waals surface area (Å²) in [6.45, 7) is 5.68. The molecule has 6 heteroatoms. The molecular weight excluding hydrogens is 342 g/mol. The molecule has 2 amide bonds. The first-order valence-corrected chi connectivity index (χ1v) is 8.88. The van der Waals surface area contributed by atoms with Crippen LogP contribution in [0.3, 0.4) is 0 Å². The van der Waals surface area contributed by atoms with E-state index < -0.39 is 17.7 Å². The molecule has 0 aliphatic carbocycles. The lowest BCUT2D eigenvalue weighted by Crippen LogP contribution is -2.49. The maximum absolute atomic E-state index is 12.7. The van der Waals surface area contributed by atoms with Gasteiger partial charge in [-0.1, -0.05) is 42.5 Å². The van der Waals surface area contributed by atoms with Crippen LogP contribution in [0.1, 0.15) is 31.9 Å². The lowest BCUT2D eigenvalue weighted by molar-refractivity contribution is -0.123. The minimum absolute atomic E-state index is 0.276. The van der Waals surface area contributed by atoms with Gasteiger partial charge in [0.25, 0.3) is 0 Å². The van der Waals surface area contributed by atoms with Crippen molar-refractivity contribution in [2.75, 3.05) is 5.73 Å². The smallest absolute Gasteiger partial charge is 0.408 e. The van der Waals surface area contributed by atoms with Gasteiger partial charge in [-0.15, -0.1) is 0 Å². The van der Waals surface area contributed by atoms with Crippen molar-refractivity contribution < 1.29 is 14.3 Å². The van der Waals surface area contributed by atoms with Crippen molar-refractivity contribution in [1.82, 2.24) is 10.6 Å². The van der Waals surface area contributed by atoms with Crippen LogP contribution in [-0.4, -0.2) is 23.6 Å². The molecule has 0 fully saturated rings. The van der Waals surface area contributed by atoms with Gasteiger partial charge in [0.1, 0.15) is 11.6 Å². The van der Waals surface area contributed by atoms with Crippen LogP contribution in [0, 0.1) is 0 Å². The fraction of sp³-hybridized carbons (Fsp3) is 0.333. The number of carbonyl (C=O) groups excluding carboxylic acids is 2. The molecule has 4 N–H and O–H groups in total. The summed E-state index contributed by atoms with van der Waals surface area (Å²) in [4.78, 5) is 24.8. The van der Waals surface area contributed by atoms with E-state index in [-0.39, 0.29) is 5.91 Å². The second-order valence-corrected chi connectivity index (χ2v) is 7.35. The summed E-state index contributed by atoms with van der Waals surface area (Å²) in [7, 11) is 0. The molecule has 0 unspecified atom stereocenters. The van der Waals surface area contributed by atoms with E-state index in [0.29, 0.717) is 18.7 Å². The molecule has 27 heavy (non-hydrogen) atoms. The molecule has 0 saturated carbocycles. The highest BCUT2D eigenvalue weighted by Crippen LogP contribution is 2.09. The fourth-order valence-corrected chi connectivity index (χ4v) is 2.46. The van der Waals surface area contributed by atoms with Crippen molar-refractivity contribution >= 4 is 17.7 Å². The minimum atomic E-state index is -0.740. The molecule has 2 rings (SSSR count). The van der Waals surface area contributed by atoms with E-state index in [4.69, 9.17) is 10.5 Å². The van der Waals surface area contributed by atoms with Gasteiger partial charge in [-0.2, -0.15) is 0 Å². The molecular formula is C21H27N3O3. The van der Waals surface area contributed by atoms with Crippen molar-refractivity contribution in [3.8, 4) is 0 Å². The van der Waals surface area contributed by atoms with Gasteiger partial charge in [0.2, 0.25) is 5.91 Å². The average Bonchev–Trinajstić information content (AvgIpc) is 2.59. The van der Waals surface area contributed by atoms with Crippen molar-refractivity contribution in [3.05, 3.63) is 65.7 Å². The Morgan fingerprint density at radius 3 is 2.22 bits per heavy atom. The van der Waals surface area contributed by atoms with Gasteiger partial charge in [0.15, 0.2) is 0 Å². The Morgan fingerprint density at radius 2 is 1.63 bits per heavy atom. The Morgan fingerprint density at radius 1 is 1.00 bits per heavy atom. The molecule has 6 nitrogen and oxygen atoms in total. The first-order chi connectivity index (χ1) is 12.7. The van der Waals surface area contributed by atoms with E-state index in [9.17, 15) is 9.59 Å². The van der Waals surface area contributed by atoms with Gasteiger partial charge in [-0.3, -0.25) is 4.79 Å². The molecule has 0 aliphatic rings. The van der Waals surface area contributed by atoms with E-state index in [1.807, 2.05) is 42.5 Å². The Kier molecular flexibility index (Phi) is 6.82. The van der Waals surface area contributed by atoms with Crippen molar-refractivity contribution in [3.63, 3.8) is 0 Å². The maximum Gasteiger partial charge on any atom is 0.408 e. The number of hydrogen-bond acceptors (Lipinski definition) is 4. The molecule has 0 heterocycles. The van der Waals surface area contributed by atoms with Crippen LogP contribution in [0.25, 0.3) is 0 Å². The zero-order valence-electron chi connectivity index (χ0n) is 16.0. The van der Waals surface area contributed by atoms with Crippen molar-refractivity contribution in [1.29, 1.82) is 0 Å². The fourth-order valence-electron chi connectivity index (χ4n) is 2.46. The molecule has 2 aromatic rings. The summed E-state index contributed by atoms with van der Waals surface area (Å²) in [6.07, 6.45) is -0.251. The van der Waals surface area contributed by atoms with E-state index in [1.165, 1.54) is 0 Å². The second kappa shape index (κ2) is 9.07. The quantitative estimate of drug-likeness (QED) is 0.682. The molecule has 1 atom stereocenters. The van der Waals surface area contributed by atoms with Crippen LogP contribution < -0.4 is 16.4 Å². The lowest BCUT2D eigenvalue weighted by Gasteiger charge is -2.23. The normalized spacial score (nSPS) is 12.1. The molecule has 0 aliphatic heterocycles. The number of rotatable bonds is 6. The maximum atomic E-state index is 12.7. The van der Waals surface area contributed by atoms with Gasteiger partial charge >= 0.3 is 6.09 Å². The Bertz CT molecular complexity index is 752. The Labute approximate surface area is 160 Å². The zero-order chi connectivity index (χ0) is 19.9. The summed E-state index contributed by atoms with van der Waals surface area (Å²) >= 11 is 0. The molecule has 2 aromatic carbocycles. The third-order valence-electron chi connectivity index (χ3n) is 3.74. The highest BCUT2D eigenvalue weighted by atomic mass is 16.6. The van der Waals surface area contributed by atoms with E-state index in [1.54, 1.807) is 32.9 Å². The van der Waals surface area contributed by atoms with Gasteiger partial charge in [0.05, 0.1) is 0 Å². The monoisotopic (exact) mass is 369 g/mol. The number of benzene rings is 2. The highest BCUT2D eigenvalue weighted by molar-refractivity contribution is 5.86. The number of ether oxygens (including phenoxy) is 1. The van der Waals surface area contributed by atoms with Crippen molar-refractivity contribution in [2.24, 2.45) is 0 Å². The number of amides is 2. The van der Waals surface area contributed by atoms with E-state index in [2.05, 4.69) is 10.6 Å². The lowest BCUT2D eigenvalue weighted by atomic mass is 10.1. The van der Waals surface area contributed by atoms with E-state index >= 15 is 0 Å². The number of carbonyl (C=O) groups is 2. The summed E-state index contributed by atoms with van der Waals surface area (Å²) in [5.41, 5.74) is 7.57. The zero-order valence-corrected chi connectivity index (χ0v) is 16.0. The van der Waals surface area contributed by atoms with Gasteiger partial charge < -0.3 is 21.1 Å². The van der Waals surface area contributed by atoms with Crippen LogP contribution in [0.4, 0.5) is 10.5 Å². The predicted octanol–water partition coefficient (Wildman–Crippen LogP) is 3.02. The van der Waals surface area contributed by atoms with Crippen LogP contribution in [0.5, 0.6) is 0 Å². The topological polar surface area (TPSA) is 93.4 Å². The molecule has 0 bridgehead atoms. The first-order valence-electron chi connectivity index (χ1n) is 8.88. The molecule has 0 radical (unpaired) electrons. The van der Waals surface area contributed by atoms with Crippen LogP contribution >= 0.6 is 0 Å². The highest BCUT2D eigenvalue weighted by Gasteiger charge is 2.24. The Balaban J connectivity index is 2.03. The number of alkyl carbamates (subject to hydrolysis) is 1. The summed E-state index contributed by atoms with van der Waals surface area (Å²) in [6, 6.07) is 16.0. The number of anilines is 1. The third kappa shape index (κ3) is 7.40. The Hall–Kier alpha value is -3.02. The SMILES string of the molecule is CC(C)(C)OC(=O)N[C@@H](Cc1ccccc1)C(=O)NCc1ccc(N)cc1. The number of nitrogens with one attached hydrogen (secondary N) is 2. The van der Waals surface area contributed by atoms with Crippen LogP contribution in [-0.2, 0) is 22.5 Å². The number of nitrogens with two attached hydrogens (primary N) is 1. The largest absolute Gasteiger partial charge is 0.444 e. The second-order valence-electron chi connectivity index (χ2n) is 7.35. The molecule has 0 spiro atoms. The first kappa shape index (κ1) is 20.3. The predicted molar refractivity (Wildman–Crippen MR) is 106 cm³/mol. The van der Waals surface area contributed by atoms with Crippen LogP contribution in [0.2, 0.25) is 0 Å². The number of hydrogen-bond donors (Lipinski definition) is 3.